The molecule has 9 heteroatoms. The lowest BCUT2D eigenvalue weighted by molar-refractivity contribution is -0.143. The highest BCUT2D eigenvalue weighted by Gasteiger charge is 2.42. The van der Waals surface area contributed by atoms with Crippen molar-refractivity contribution < 1.29 is 18.0 Å². The minimum atomic E-state index is -4.17. The Morgan fingerprint density at radius 3 is 2.52 bits per heavy atom. The fourth-order valence-corrected chi connectivity index (χ4v) is 4.06. The van der Waals surface area contributed by atoms with Gasteiger partial charge in [0.2, 0.25) is 5.91 Å². The molecule has 0 spiro atoms. The zero-order valence-corrected chi connectivity index (χ0v) is 16.5. The smallest absolute Gasteiger partial charge is 0.357 e. The summed E-state index contributed by atoms with van der Waals surface area (Å²) in [6, 6.07) is -0.0748. The summed E-state index contributed by atoms with van der Waals surface area (Å²) in [4.78, 5) is 20.3. The molecule has 0 aromatic rings. The monoisotopic (exact) mass is 391 g/mol. The van der Waals surface area contributed by atoms with Gasteiger partial charge in [-0.05, 0) is 26.2 Å². The standard InChI is InChI=1S/C18H32F3N5O/c1-4-22-16(24-14-7-10-26(11-14)13-18(19,20)21)23-12-17(8-5-6-9-17)15(27)25(2)3/h14H,4-13H2,1-3H3,(H2,22,23,24). The summed E-state index contributed by atoms with van der Waals surface area (Å²) in [5, 5.41) is 6.40. The van der Waals surface area contributed by atoms with Crippen LogP contribution in [-0.2, 0) is 4.79 Å². The average Bonchev–Trinajstić information content (AvgIpc) is 3.21. The molecule has 1 amide bonds. The van der Waals surface area contributed by atoms with E-state index in [4.69, 9.17) is 0 Å². The normalized spacial score (nSPS) is 23.5. The van der Waals surface area contributed by atoms with Gasteiger partial charge in [0.15, 0.2) is 5.96 Å². The predicted molar refractivity (Wildman–Crippen MR) is 99.6 cm³/mol. The molecular weight excluding hydrogens is 359 g/mol. The first-order valence-corrected chi connectivity index (χ1v) is 9.71. The molecule has 1 atom stereocenters. The van der Waals surface area contributed by atoms with Gasteiger partial charge >= 0.3 is 6.18 Å². The molecule has 1 aliphatic heterocycles. The number of hydrogen-bond acceptors (Lipinski definition) is 3. The number of halogens is 3. The molecule has 0 aromatic heterocycles. The Bertz CT molecular complexity index is 530. The summed E-state index contributed by atoms with van der Waals surface area (Å²) in [5.41, 5.74) is -0.455. The third kappa shape index (κ3) is 6.26. The molecule has 1 unspecified atom stereocenters. The largest absolute Gasteiger partial charge is 0.401 e. The maximum atomic E-state index is 12.7. The molecule has 2 N–H and O–H groups in total. The van der Waals surface area contributed by atoms with E-state index >= 15 is 0 Å². The summed E-state index contributed by atoms with van der Waals surface area (Å²) in [7, 11) is 3.53. The van der Waals surface area contributed by atoms with Gasteiger partial charge in [0.05, 0.1) is 18.5 Å². The fourth-order valence-electron chi connectivity index (χ4n) is 4.06. The van der Waals surface area contributed by atoms with E-state index in [9.17, 15) is 18.0 Å². The number of carbonyl (C=O) groups is 1. The summed E-state index contributed by atoms with van der Waals surface area (Å²) in [6.07, 6.45) is 0.171. The van der Waals surface area contributed by atoms with Crippen molar-refractivity contribution in [2.75, 3.05) is 46.8 Å². The number of alkyl halides is 3. The van der Waals surface area contributed by atoms with E-state index < -0.39 is 18.1 Å². The third-order valence-corrected chi connectivity index (χ3v) is 5.32. The molecule has 2 rings (SSSR count). The zero-order chi connectivity index (χ0) is 20.1. The van der Waals surface area contributed by atoms with Crippen LogP contribution < -0.4 is 10.6 Å². The molecule has 6 nitrogen and oxygen atoms in total. The number of aliphatic imine (C=N–C) groups is 1. The van der Waals surface area contributed by atoms with Crippen LogP contribution in [0.4, 0.5) is 13.2 Å². The van der Waals surface area contributed by atoms with Gasteiger partial charge in [-0.3, -0.25) is 14.7 Å². The van der Waals surface area contributed by atoms with Gasteiger partial charge in [-0.1, -0.05) is 12.8 Å². The van der Waals surface area contributed by atoms with Crippen molar-refractivity contribution >= 4 is 11.9 Å². The molecule has 0 bridgehead atoms. The third-order valence-electron chi connectivity index (χ3n) is 5.32. The Balaban J connectivity index is 1.99. The second kappa shape index (κ2) is 9.12. The molecular formula is C18H32F3N5O. The first-order valence-electron chi connectivity index (χ1n) is 9.71. The van der Waals surface area contributed by atoms with Gasteiger partial charge in [0.25, 0.3) is 0 Å². The molecule has 156 valence electrons. The predicted octanol–water partition coefficient (Wildman–Crippen LogP) is 1.83. The summed E-state index contributed by atoms with van der Waals surface area (Å²) >= 11 is 0. The van der Waals surface area contributed by atoms with Gasteiger partial charge in [-0.25, -0.2) is 0 Å². The van der Waals surface area contributed by atoms with Crippen LogP contribution in [0.1, 0.15) is 39.0 Å². The molecule has 1 saturated heterocycles. The van der Waals surface area contributed by atoms with Crippen LogP contribution in [0.15, 0.2) is 4.99 Å². The second-order valence-electron chi connectivity index (χ2n) is 7.86. The van der Waals surface area contributed by atoms with E-state index in [1.807, 2.05) is 6.92 Å². The molecule has 1 heterocycles. The molecule has 2 aliphatic rings. The first-order chi connectivity index (χ1) is 12.6. The zero-order valence-electron chi connectivity index (χ0n) is 16.5. The average molecular weight is 391 g/mol. The highest BCUT2D eigenvalue weighted by atomic mass is 19.4. The van der Waals surface area contributed by atoms with Crippen LogP contribution in [0.25, 0.3) is 0 Å². The van der Waals surface area contributed by atoms with Crippen molar-refractivity contribution in [1.82, 2.24) is 20.4 Å². The number of nitrogens with zero attached hydrogens (tertiary/aromatic N) is 3. The summed E-state index contributed by atoms with van der Waals surface area (Å²) in [6.45, 7) is 2.88. The number of nitrogens with one attached hydrogen (secondary N) is 2. The Labute approximate surface area is 159 Å². The Morgan fingerprint density at radius 2 is 1.96 bits per heavy atom. The number of hydrogen-bond donors (Lipinski definition) is 2. The summed E-state index contributed by atoms with van der Waals surface area (Å²) in [5.74, 6) is 0.686. The van der Waals surface area contributed by atoms with Crippen LogP contribution >= 0.6 is 0 Å². The number of likely N-dealkylation sites (tertiary alicyclic amines) is 1. The van der Waals surface area contributed by atoms with Gasteiger partial charge in [-0.15, -0.1) is 0 Å². The number of carbonyl (C=O) groups excluding carboxylic acids is 1. The van der Waals surface area contributed by atoms with Crippen molar-refractivity contribution in [3.63, 3.8) is 0 Å². The van der Waals surface area contributed by atoms with E-state index in [0.717, 1.165) is 25.7 Å². The van der Waals surface area contributed by atoms with Crippen molar-refractivity contribution in [2.24, 2.45) is 10.4 Å². The van der Waals surface area contributed by atoms with Gasteiger partial charge < -0.3 is 15.5 Å². The van der Waals surface area contributed by atoms with Crippen LogP contribution in [0, 0.1) is 5.41 Å². The van der Waals surface area contributed by atoms with E-state index in [2.05, 4.69) is 15.6 Å². The minimum absolute atomic E-state index is 0.0748. The number of guanidine groups is 1. The van der Waals surface area contributed by atoms with E-state index in [-0.39, 0.29) is 11.9 Å². The molecule has 2 fully saturated rings. The lowest BCUT2D eigenvalue weighted by atomic mass is 9.85. The number of rotatable bonds is 6. The molecule has 1 saturated carbocycles. The van der Waals surface area contributed by atoms with Crippen LogP contribution in [0.5, 0.6) is 0 Å². The van der Waals surface area contributed by atoms with Crippen LogP contribution in [0.2, 0.25) is 0 Å². The maximum Gasteiger partial charge on any atom is 0.401 e. The van der Waals surface area contributed by atoms with E-state index in [1.54, 1.807) is 19.0 Å². The van der Waals surface area contributed by atoms with Crippen molar-refractivity contribution in [1.29, 1.82) is 0 Å². The summed E-state index contributed by atoms with van der Waals surface area (Å²) < 4.78 is 37.7. The fraction of sp³-hybridized carbons (Fsp3) is 0.889. The highest BCUT2D eigenvalue weighted by Crippen LogP contribution is 2.39. The topological polar surface area (TPSA) is 60.0 Å². The van der Waals surface area contributed by atoms with Crippen LogP contribution in [0.3, 0.4) is 0 Å². The second-order valence-corrected chi connectivity index (χ2v) is 7.86. The van der Waals surface area contributed by atoms with Crippen LogP contribution in [-0.4, -0.2) is 80.7 Å². The Hall–Kier alpha value is -1.51. The quantitative estimate of drug-likeness (QED) is 0.536. The SMILES string of the molecule is CCNC(=NCC1(C(=O)N(C)C)CCCC1)NC1CCN(CC(F)(F)F)C1. The number of amides is 1. The molecule has 0 aromatic carbocycles. The van der Waals surface area contributed by atoms with E-state index in [1.165, 1.54) is 4.90 Å². The van der Waals surface area contributed by atoms with E-state index in [0.29, 0.717) is 38.6 Å². The van der Waals surface area contributed by atoms with Gasteiger partial charge in [0.1, 0.15) is 0 Å². The molecule has 27 heavy (non-hydrogen) atoms. The maximum absolute atomic E-state index is 12.7. The lowest BCUT2D eigenvalue weighted by Gasteiger charge is -2.29. The van der Waals surface area contributed by atoms with Crippen molar-refractivity contribution in [2.45, 2.75) is 51.2 Å². The minimum Gasteiger partial charge on any atom is -0.357 e. The van der Waals surface area contributed by atoms with Gasteiger partial charge in [0, 0.05) is 39.8 Å². The van der Waals surface area contributed by atoms with Crippen molar-refractivity contribution in [3.05, 3.63) is 0 Å². The first kappa shape index (κ1) is 21.8. The molecule has 1 aliphatic carbocycles. The highest BCUT2D eigenvalue weighted by molar-refractivity contribution is 5.84. The van der Waals surface area contributed by atoms with Crippen molar-refractivity contribution in [3.8, 4) is 0 Å². The molecule has 0 radical (unpaired) electrons. The Kier molecular flexibility index (Phi) is 7.36. The van der Waals surface area contributed by atoms with Gasteiger partial charge in [-0.2, -0.15) is 13.2 Å². The Morgan fingerprint density at radius 1 is 1.30 bits per heavy atom. The lowest BCUT2D eigenvalue weighted by Crippen LogP contribution is -2.46.